The van der Waals surface area contributed by atoms with E-state index in [9.17, 15) is 60.0 Å². The van der Waals surface area contributed by atoms with Crippen molar-refractivity contribution in [2.45, 2.75) is 44.4 Å². The molecule has 22 nitrogen and oxygen atoms in total. The summed E-state index contributed by atoms with van der Waals surface area (Å²) in [4.78, 5) is 108. The second-order valence-corrected chi connectivity index (χ2v) is 27.3. The molecule has 0 saturated carbocycles. The Bertz CT molecular complexity index is 5130. The Morgan fingerprint density at radius 2 is 0.641 bits per heavy atom. The fraction of sp³-hybridized carbons (Fsp3) is 0.114. The number of carbonyl (C=O) groups is 9. The summed E-state index contributed by atoms with van der Waals surface area (Å²) in [6.45, 7) is 9.71. The number of carbonyl (C=O) groups excluding carboxylic acids is 9. The SMILES string of the molecule is Cc1ccc(OC(=O)c2ccc(C#N)cc2)cc1.Cc1ccc(OC(=O)c2ccc(S(=O)(=O)N(C)C)cc2)cc1.Cc1ccc(OC(=O)c2ccc(S(C)(=O)=O)cc2)cc1.Cc1ccc(OC(=O)c2ccc3c(c2)C(=O)N(C)C3=O)cc1.Cc1ccc(OC(=O)c2ccc3c(c2)C(=O)OC3=O)cc1. The molecule has 0 atom stereocenters. The number of cyclic esters (lactones) is 2. The van der Waals surface area contributed by atoms with Crippen molar-refractivity contribution in [3.05, 3.63) is 314 Å². The zero-order valence-corrected chi connectivity index (χ0v) is 58.5. The third kappa shape index (κ3) is 20.6. The van der Waals surface area contributed by atoms with E-state index in [1.807, 2.05) is 101 Å². The number of imide groups is 1. The normalized spacial score (nSPS) is 11.7. The predicted octanol–water partition coefficient (Wildman–Crippen LogP) is 13.1. The van der Waals surface area contributed by atoms with Crippen molar-refractivity contribution in [2.24, 2.45) is 0 Å². The lowest BCUT2D eigenvalue weighted by atomic mass is 10.1. The second kappa shape index (κ2) is 33.8. The fourth-order valence-electron chi connectivity index (χ4n) is 9.05. The maximum atomic E-state index is 12.1. The van der Waals surface area contributed by atoms with Crippen LogP contribution in [0.2, 0.25) is 0 Å². The fourth-order valence-corrected chi connectivity index (χ4v) is 10.6. The molecule has 522 valence electrons. The van der Waals surface area contributed by atoms with Crippen molar-refractivity contribution >= 4 is 73.5 Å². The van der Waals surface area contributed by atoms with Crippen LogP contribution >= 0.6 is 0 Å². The number of ether oxygens (including phenoxy) is 6. The Kier molecular flexibility index (Phi) is 24.9. The number of hydrogen-bond acceptors (Lipinski definition) is 20. The number of hydrogen-bond donors (Lipinski definition) is 0. The number of fused-ring (bicyclic) bond motifs is 2. The van der Waals surface area contributed by atoms with Crippen LogP contribution < -0.4 is 23.7 Å². The quantitative estimate of drug-likeness (QED) is 0.0448. The Hall–Kier alpha value is -12.8. The maximum absolute atomic E-state index is 12.1. The molecule has 12 rings (SSSR count). The van der Waals surface area contributed by atoms with Crippen LogP contribution in [0.5, 0.6) is 28.7 Å². The van der Waals surface area contributed by atoms with Crippen LogP contribution in [0.3, 0.4) is 0 Å². The van der Waals surface area contributed by atoms with E-state index in [4.69, 9.17) is 28.9 Å². The third-order valence-electron chi connectivity index (χ3n) is 15.0. The Labute approximate surface area is 593 Å². The first-order chi connectivity index (χ1) is 48.9. The van der Waals surface area contributed by atoms with Crippen LogP contribution in [-0.2, 0) is 24.6 Å². The van der Waals surface area contributed by atoms with Crippen molar-refractivity contribution in [1.82, 2.24) is 9.21 Å². The monoisotopic (exact) mass is 1420 g/mol. The van der Waals surface area contributed by atoms with E-state index >= 15 is 0 Å². The minimum absolute atomic E-state index is 0.0818. The Balaban J connectivity index is 0.000000163. The van der Waals surface area contributed by atoms with Gasteiger partial charge >= 0.3 is 41.8 Å². The van der Waals surface area contributed by atoms with E-state index in [1.54, 1.807) is 84.9 Å². The predicted molar refractivity (Wildman–Crippen MR) is 378 cm³/mol. The van der Waals surface area contributed by atoms with Crippen molar-refractivity contribution < 1.29 is 88.4 Å². The lowest BCUT2D eigenvalue weighted by Gasteiger charge is -2.11. The number of rotatable bonds is 13. The molecule has 2 aliphatic rings. The molecular weight excluding hydrogens is 1360 g/mol. The minimum Gasteiger partial charge on any atom is -0.423 e. The van der Waals surface area contributed by atoms with Crippen LogP contribution in [0.15, 0.2) is 240 Å². The highest BCUT2D eigenvalue weighted by atomic mass is 32.2. The molecule has 2 aliphatic heterocycles. The summed E-state index contributed by atoms with van der Waals surface area (Å²) in [5.74, 6) is -2.63. The van der Waals surface area contributed by atoms with Crippen LogP contribution in [0.4, 0.5) is 0 Å². The molecule has 0 aromatic heterocycles. The average molecular weight is 1420 g/mol. The number of sulfonamides is 1. The van der Waals surface area contributed by atoms with Gasteiger partial charge in [-0.2, -0.15) is 5.26 Å². The van der Waals surface area contributed by atoms with Gasteiger partial charge in [-0.05, 0) is 204 Å². The molecule has 0 radical (unpaired) electrons. The highest BCUT2D eigenvalue weighted by Crippen LogP contribution is 2.27. The van der Waals surface area contributed by atoms with Gasteiger partial charge < -0.3 is 28.4 Å². The van der Waals surface area contributed by atoms with Gasteiger partial charge in [0.05, 0.1) is 71.5 Å². The van der Waals surface area contributed by atoms with Crippen molar-refractivity contribution in [3.8, 4) is 34.8 Å². The van der Waals surface area contributed by atoms with Gasteiger partial charge in [0.2, 0.25) is 10.0 Å². The number of sulfone groups is 1. The molecule has 0 bridgehead atoms. The molecule has 0 N–H and O–H groups in total. The van der Waals surface area contributed by atoms with Crippen molar-refractivity contribution in [3.63, 3.8) is 0 Å². The summed E-state index contributed by atoms with van der Waals surface area (Å²) in [5, 5.41) is 8.66. The summed E-state index contributed by atoms with van der Waals surface area (Å²) in [6, 6.07) is 63.6. The smallest absolute Gasteiger partial charge is 0.346 e. The van der Waals surface area contributed by atoms with Gasteiger partial charge in [0.1, 0.15) is 28.7 Å². The van der Waals surface area contributed by atoms with E-state index < -0.39 is 67.6 Å². The molecule has 103 heavy (non-hydrogen) atoms. The van der Waals surface area contributed by atoms with Crippen LogP contribution in [-0.4, -0.2) is 107 Å². The summed E-state index contributed by atoms with van der Waals surface area (Å²) < 4.78 is 78.2. The number of esters is 7. The number of nitriles is 1. The molecule has 0 spiro atoms. The zero-order valence-electron chi connectivity index (χ0n) is 56.9. The van der Waals surface area contributed by atoms with Crippen LogP contribution in [0.1, 0.15) is 127 Å². The number of nitrogens with zero attached hydrogens (tertiary/aromatic N) is 3. The summed E-state index contributed by atoms with van der Waals surface area (Å²) in [6.07, 6.45) is 1.12. The van der Waals surface area contributed by atoms with Crippen LogP contribution in [0, 0.1) is 45.9 Å². The Morgan fingerprint density at radius 3 is 0.961 bits per heavy atom. The van der Waals surface area contributed by atoms with Gasteiger partial charge in [-0.15, -0.1) is 0 Å². The first kappa shape index (κ1) is 75.9. The van der Waals surface area contributed by atoms with Gasteiger partial charge in [-0.1, -0.05) is 88.5 Å². The first-order valence-corrected chi connectivity index (χ1v) is 34.3. The highest BCUT2D eigenvalue weighted by molar-refractivity contribution is 7.90. The first-order valence-electron chi connectivity index (χ1n) is 31.0. The van der Waals surface area contributed by atoms with Gasteiger partial charge in [0, 0.05) is 27.4 Å². The molecule has 0 aliphatic carbocycles. The van der Waals surface area contributed by atoms with Gasteiger partial charge in [0.15, 0.2) is 9.84 Å². The molecule has 2 amide bonds. The topological polar surface area (TPSA) is 308 Å². The molecule has 10 aromatic carbocycles. The Morgan fingerprint density at radius 1 is 0.369 bits per heavy atom. The lowest BCUT2D eigenvalue weighted by Crippen LogP contribution is -2.24. The summed E-state index contributed by atoms with van der Waals surface area (Å²) in [5.41, 5.74) is 8.08. The standard InChI is InChI=1S/C17H13NO4.C16H17NO4S.C16H10O5.C15H11NO2.C15H14O4S/c1-10-3-6-12(7-4-10)22-17(21)11-5-8-13-14(9-11)16(20)18(2)15(13)19;1-12-4-8-14(9-5-12)21-16(18)13-6-10-15(11-7-13)22(19,20)17(2)3;1-9-2-5-11(6-3-9)20-14(17)10-4-7-12-13(8-10)16(19)21-15(12)18;1-11-2-8-14(9-3-11)18-15(17)13-6-4-12(10-16)5-7-13;1-11-3-7-13(8-4-11)19-15(16)12-5-9-14(10-6-12)20(2,17)18/h3-9H,1-2H3;4-11H,1-3H3;2-8H,1H3;2-9H,1H3;3-10H,1-2H3. The maximum Gasteiger partial charge on any atom is 0.346 e. The van der Waals surface area contributed by atoms with E-state index in [0.29, 0.717) is 56.6 Å². The summed E-state index contributed by atoms with van der Waals surface area (Å²) >= 11 is 0. The molecule has 0 fully saturated rings. The van der Waals surface area contributed by atoms with Crippen molar-refractivity contribution in [1.29, 1.82) is 5.26 Å². The van der Waals surface area contributed by atoms with Gasteiger partial charge in [-0.25, -0.2) is 54.7 Å². The highest BCUT2D eigenvalue weighted by Gasteiger charge is 2.34. The number of aryl methyl sites for hydroxylation is 5. The molecule has 2 heterocycles. The van der Waals surface area contributed by atoms with Gasteiger partial charge in [0.25, 0.3) is 11.8 Å². The molecule has 0 unspecified atom stereocenters. The molecule has 0 saturated heterocycles. The average Bonchev–Trinajstić information content (AvgIpc) is 1.57. The van der Waals surface area contributed by atoms with Crippen LogP contribution in [0.25, 0.3) is 0 Å². The third-order valence-corrected chi connectivity index (χ3v) is 18.0. The largest absolute Gasteiger partial charge is 0.423 e. The van der Waals surface area contributed by atoms with Gasteiger partial charge in [-0.3, -0.25) is 14.5 Å². The molecule has 24 heteroatoms. The van der Waals surface area contributed by atoms with Crippen molar-refractivity contribution in [2.75, 3.05) is 27.4 Å². The lowest BCUT2D eigenvalue weighted by molar-refractivity contribution is 0.0440. The molecule has 10 aromatic rings. The van der Waals surface area contributed by atoms with E-state index in [2.05, 4.69) is 4.74 Å². The minimum atomic E-state index is -3.50. The van der Waals surface area contributed by atoms with E-state index in [0.717, 1.165) is 43.3 Å². The second-order valence-electron chi connectivity index (χ2n) is 23.2. The zero-order chi connectivity index (χ0) is 74.9. The number of benzene rings is 10. The van der Waals surface area contributed by atoms with E-state index in [-0.39, 0.29) is 43.5 Å². The number of amides is 2. The molecular formula is C79H65N3O19S2. The summed E-state index contributed by atoms with van der Waals surface area (Å²) in [7, 11) is -2.44. The van der Waals surface area contributed by atoms with E-state index in [1.165, 1.54) is 106 Å².